The number of carboxylic acids is 1. The van der Waals surface area contributed by atoms with Crippen molar-refractivity contribution in [3.8, 4) is 11.1 Å². The molecule has 9 nitrogen and oxygen atoms in total. The molecule has 0 unspecified atom stereocenters. The number of nitrogens with one attached hydrogen (secondary N) is 1. The number of hydrogen-bond donors (Lipinski definition) is 3. The average molecular weight is 586 g/mol. The van der Waals surface area contributed by atoms with Crippen LogP contribution in [0.2, 0.25) is 0 Å². The van der Waals surface area contributed by atoms with Crippen molar-refractivity contribution >= 4 is 27.8 Å². The number of carboxylic acid groups (broad SMARTS) is 1. The van der Waals surface area contributed by atoms with E-state index in [0.717, 1.165) is 11.1 Å². The van der Waals surface area contributed by atoms with E-state index < -0.39 is 16.0 Å². The summed E-state index contributed by atoms with van der Waals surface area (Å²) in [6.45, 7) is 0.501. The van der Waals surface area contributed by atoms with Crippen molar-refractivity contribution in [3.63, 3.8) is 0 Å². The van der Waals surface area contributed by atoms with Crippen molar-refractivity contribution in [1.29, 1.82) is 0 Å². The largest absolute Gasteiger partial charge is 0.481 e. The minimum absolute atomic E-state index is 0.0227. The molecule has 0 aliphatic rings. The molecule has 0 aliphatic carbocycles. The molecule has 216 valence electrons. The lowest BCUT2D eigenvalue weighted by Gasteiger charge is -2.24. The minimum Gasteiger partial charge on any atom is -0.481 e. The van der Waals surface area contributed by atoms with Crippen molar-refractivity contribution < 1.29 is 27.9 Å². The standard InChI is InChI=1S/C32H31N3O6S/c33-42(40,41)25-16-14-23(15-17-25)18-20-35(21-19-30(36)37)32(39)29-13-7-5-11-27(29)26-10-4-6-12-28(26)31(38)34-22-24-8-2-1-3-9-24/h1-17H,18-22H2,(H,34,38)(H,36,37)(H2,33,40,41). The van der Waals surface area contributed by atoms with Crippen molar-refractivity contribution in [2.75, 3.05) is 13.1 Å². The highest BCUT2D eigenvalue weighted by Crippen LogP contribution is 2.28. The van der Waals surface area contributed by atoms with Gasteiger partial charge in [0.05, 0.1) is 11.3 Å². The van der Waals surface area contributed by atoms with Crippen LogP contribution in [-0.2, 0) is 27.8 Å². The molecule has 0 aliphatic heterocycles. The lowest BCUT2D eigenvalue weighted by molar-refractivity contribution is -0.137. The van der Waals surface area contributed by atoms with Crippen LogP contribution < -0.4 is 10.5 Å². The highest BCUT2D eigenvalue weighted by atomic mass is 32.2. The number of rotatable bonds is 12. The van der Waals surface area contributed by atoms with Crippen molar-refractivity contribution in [2.24, 2.45) is 5.14 Å². The number of hydrogen-bond acceptors (Lipinski definition) is 5. The number of nitrogens with two attached hydrogens (primary N) is 1. The molecule has 0 radical (unpaired) electrons. The van der Waals surface area contributed by atoms with Crippen LogP contribution in [0.1, 0.15) is 38.3 Å². The molecule has 10 heteroatoms. The molecule has 0 saturated carbocycles. The van der Waals surface area contributed by atoms with E-state index in [1.165, 1.54) is 17.0 Å². The van der Waals surface area contributed by atoms with Crippen LogP contribution in [0.4, 0.5) is 0 Å². The smallest absolute Gasteiger partial charge is 0.305 e. The Morgan fingerprint density at radius 3 is 1.90 bits per heavy atom. The first kappa shape index (κ1) is 30.2. The van der Waals surface area contributed by atoms with E-state index in [-0.39, 0.29) is 36.2 Å². The van der Waals surface area contributed by atoms with Crippen LogP contribution in [0.25, 0.3) is 11.1 Å². The van der Waals surface area contributed by atoms with Crippen molar-refractivity contribution in [3.05, 3.63) is 125 Å². The molecule has 0 heterocycles. The number of benzene rings is 4. The van der Waals surface area contributed by atoms with Crippen LogP contribution in [0.5, 0.6) is 0 Å². The Morgan fingerprint density at radius 1 is 0.714 bits per heavy atom. The van der Waals surface area contributed by atoms with Crippen LogP contribution in [-0.4, -0.2) is 49.3 Å². The topological polar surface area (TPSA) is 147 Å². The fourth-order valence-electron chi connectivity index (χ4n) is 4.52. The summed E-state index contributed by atoms with van der Waals surface area (Å²) in [6, 6.07) is 29.5. The number of primary sulfonamides is 1. The Balaban J connectivity index is 1.59. The first-order chi connectivity index (χ1) is 20.1. The zero-order valence-corrected chi connectivity index (χ0v) is 23.6. The molecule has 0 aromatic heterocycles. The molecule has 0 saturated heterocycles. The minimum atomic E-state index is -3.84. The van der Waals surface area contributed by atoms with Gasteiger partial charge in [0, 0.05) is 30.8 Å². The molecule has 2 amide bonds. The fraction of sp³-hybridized carbons (Fsp3) is 0.156. The van der Waals surface area contributed by atoms with E-state index in [2.05, 4.69) is 5.32 Å². The summed E-state index contributed by atoms with van der Waals surface area (Å²) in [6.07, 6.45) is 0.105. The van der Waals surface area contributed by atoms with E-state index in [0.29, 0.717) is 35.2 Å². The molecule has 0 atom stereocenters. The third-order valence-corrected chi connectivity index (χ3v) is 7.65. The van der Waals surface area contributed by atoms with E-state index in [4.69, 9.17) is 5.14 Å². The Bertz CT molecular complexity index is 1670. The monoisotopic (exact) mass is 585 g/mol. The Hall–Kier alpha value is -4.80. The molecule has 0 spiro atoms. The third kappa shape index (κ3) is 7.90. The summed E-state index contributed by atoms with van der Waals surface area (Å²) in [5.74, 6) is -1.71. The van der Waals surface area contributed by atoms with Gasteiger partial charge in [-0.15, -0.1) is 0 Å². The lowest BCUT2D eigenvalue weighted by atomic mass is 9.94. The van der Waals surface area contributed by atoms with Gasteiger partial charge in [0.25, 0.3) is 11.8 Å². The molecular weight excluding hydrogens is 554 g/mol. The van der Waals surface area contributed by atoms with Crippen LogP contribution in [0.3, 0.4) is 0 Å². The van der Waals surface area contributed by atoms with Crippen LogP contribution in [0, 0.1) is 0 Å². The number of carbonyl (C=O) groups excluding carboxylic acids is 2. The van der Waals surface area contributed by atoms with Gasteiger partial charge in [-0.1, -0.05) is 78.9 Å². The zero-order chi connectivity index (χ0) is 30.1. The molecule has 4 aromatic carbocycles. The predicted octanol–water partition coefficient (Wildman–Crippen LogP) is 4.09. The summed E-state index contributed by atoms with van der Waals surface area (Å²) in [4.78, 5) is 39.9. The molecule has 4 N–H and O–H groups in total. The van der Waals surface area contributed by atoms with Gasteiger partial charge in [-0.2, -0.15) is 0 Å². The van der Waals surface area contributed by atoms with Gasteiger partial charge in [-0.05, 0) is 52.9 Å². The summed E-state index contributed by atoms with van der Waals surface area (Å²) < 4.78 is 23.1. The first-order valence-corrected chi connectivity index (χ1v) is 14.8. The number of nitrogens with zero attached hydrogens (tertiary/aromatic N) is 1. The summed E-state index contributed by atoms with van der Waals surface area (Å²) in [7, 11) is -3.84. The highest BCUT2D eigenvalue weighted by molar-refractivity contribution is 7.89. The highest BCUT2D eigenvalue weighted by Gasteiger charge is 2.22. The van der Waals surface area contributed by atoms with Crippen LogP contribution >= 0.6 is 0 Å². The lowest BCUT2D eigenvalue weighted by Crippen LogP contribution is -2.35. The summed E-state index contributed by atoms with van der Waals surface area (Å²) >= 11 is 0. The second-order valence-electron chi connectivity index (χ2n) is 9.63. The predicted molar refractivity (Wildman–Crippen MR) is 159 cm³/mol. The molecule has 0 fully saturated rings. The van der Waals surface area contributed by atoms with E-state index >= 15 is 0 Å². The first-order valence-electron chi connectivity index (χ1n) is 13.3. The molecule has 4 rings (SSSR count). The van der Waals surface area contributed by atoms with Gasteiger partial charge in [-0.25, -0.2) is 13.6 Å². The summed E-state index contributed by atoms with van der Waals surface area (Å²) in [5.41, 5.74) is 3.56. The van der Waals surface area contributed by atoms with Crippen molar-refractivity contribution in [1.82, 2.24) is 10.2 Å². The summed E-state index contributed by atoms with van der Waals surface area (Å²) in [5, 5.41) is 17.4. The molecule has 4 aromatic rings. The fourth-order valence-corrected chi connectivity index (χ4v) is 5.04. The second kappa shape index (κ2) is 13.7. The Morgan fingerprint density at radius 2 is 1.29 bits per heavy atom. The Labute approximate surface area is 244 Å². The van der Waals surface area contributed by atoms with Gasteiger partial charge >= 0.3 is 5.97 Å². The maximum Gasteiger partial charge on any atom is 0.305 e. The number of carbonyl (C=O) groups is 3. The maximum absolute atomic E-state index is 13.9. The SMILES string of the molecule is NS(=O)(=O)c1ccc(CCN(CCC(=O)O)C(=O)c2ccccc2-c2ccccc2C(=O)NCc2ccccc2)cc1. The normalized spacial score (nSPS) is 11.1. The number of aliphatic carboxylic acids is 1. The second-order valence-corrected chi connectivity index (χ2v) is 11.2. The molecular formula is C32H31N3O6S. The maximum atomic E-state index is 13.9. The molecule has 0 bridgehead atoms. The van der Waals surface area contributed by atoms with Gasteiger partial charge in [0.1, 0.15) is 0 Å². The van der Waals surface area contributed by atoms with Gasteiger partial charge in [-0.3, -0.25) is 14.4 Å². The third-order valence-electron chi connectivity index (χ3n) is 6.72. The average Bonchev–Trinajstić information content (AvgIpc) is 3.00. The quantitative estimate of drug-likeness (QED) is 0.228. The van der Waals surface area contributed by atoms with Gasteiger partial charge in [0.15, 0.2) is 0 Å². The zero-order valence-electron chi connectivity index (χ0n) is 22.8. The Kier molecular flexibility index (Phi) is 9.85. The van der Waals surface area contributed by atoms with E-state index in [1.807, 2.05) is 30.3 Å². The molecule has 42 heavy (non-hydrogen) atoms. The number of sulfonamides is 1. The van der Waals surface area contributed by atoms with E-state index in [1.54, 1.807) is 60.7 Å². The van der Waals surface area contributed by atoms with Crippen molar-refractivity contribution in [2.45, 2.75) is 24.3 Å². The van der Waals surface area contributed by atoms with Gasteiger partial charge < -0.3 is 15.3 Å². The van der Waals surface area contributed by atoms with E-state index in [9.17, 15) is 27.9 Å². The van der Waals surface area contributed by atoms with Crippen LogP contribution in [0.15, 0.2) is 108 Å². The van der Waals surface area contributed by atoms with Gasteiger partial charge in [0.2, 0.25) is 10.0 Å². The number of amides is 2.